The van der Waals surface area contributed by atoms with Crippen molar-refractivity contribution >= 4 is 15.9 Å². The Balaban J connectivity index is 2.40. The van der Waals surface area contributed by atoms with E-state index in [4.69, 9.17) is 9.15 Å². The Morgan fingerprint density at radius 3 is 3.00 bits per heavy atom. The predicted octanol–water partition coefficient (Wildman–Crippen LogP) is 2.04. The first-order chi connectivity index (χ1) is 6.58. The Hall–Kier alpha value is -0.770. The lowest BCUT2D eigenvalue weighted by Gasteiger charge is -2.12. The van der Waals surface area contributed by atoms with Gasteiger partial charge in [0.25, 0.3) is 0 Å². The molecule has 2 heterocycles. The van der Waals surface area contributed by atoms with Crippen LogP contribution < -0.4 is 10.4 Å². The van der Waals surface area contributed by atoms with Crippen molar-refractivity contribution in [2.45, 2.75) is 31.2 Å². The van der Waals surface area contributed by atoms with Gasteiger partial charge in [-0.2, -0.15) is 0 Å². The highest BCUT2D eigenvalue weighted by Gasteiger charge is 2.29. The zero-order valence-corrected chi connectivity index (χ0v) is 9.63. The van der Waals surface area contributed by atoms with Crippen LogP contribution in [0, 0.1) is 6.92 Å². The van der Waals surface area contributed by atoms with E-state index in [1.807, 2.05) is 6.92 Å². The lowest BCUT2D eigenvalue weighted by atomic mass is 10.1. The lowest BCUT2D eigenvalue weighted by molar-refractivity contribution is 0.235. The van der Waals surface area contributed by atoms with Gasteiger partial charge in [0.05, 0.1) is 5.56 Å². The van der Waals surface area contributed by atoms with Crippen molar-refractivity contribution in [2.75, 3.05) is 0 Å². The van der Waals surface area contributed by atoms with Crippen molar-refractivity contribution in [1.82, 2.24) is 0 Å². The number of fused-ring (bicyclic) bond motifs is 1. The van der Waals surface area contributed by atoms with E-state index in [9.17, 15) is 4.79 Å². The fraction of sp³-hybridized carbons (Fsp3) is 0.500. The number of aryl methyl sites for hydroxylation is 1. The first-order valence-electron chi connectivity index (χ1n) is 4.52. The maximum Gasteiger partial charge on any atom is 0.342 e. The summed E-state index contributed by atoms with van der Waals surface area (Å²) in [5.74, 6) is 1.27. The Labute approximate surface area is 90.2 Å². The summed E-state index contributed by atoms with van der Waals surface area (Å²) in [4.78, 5) is 11.7. The second-order valence-electron chi connectivity index (χ2n) is 3.53. The molecule has 76 valence electrons. The van der Waals surface area contributed by atoms with Gasteiger partial charge in [-0.1, -0.05) is 15.9 Å². The molecule has 2 unspecified atom stereocenters. The Morgan fingerprint density at radius 1 is 1.64 bits per heavy atom. The number of halogens is 1. The van der Waals surface area contributed by atoms with E-state index in [-0.39, 0.29) is 16.6 Å². The number of alkyl halides is 1. The summed E-state index contributed by atoms with van der Waals surface area (Å²) in [6.45, 7) is 3.75. The van der Waals surface area contributed by atoms with Crippen LogP contribution in [0.5, 0.6) is 5.75 Å². The van der Waals surface area contributed by atoms with E-state index in [1.165, 1.54) is 0 Å². The van der Waals surface area contributed by atoms with Crippen molar-refractivity contribution in [2.24, 2.45) is 0 Å². The average Bonchev–Trinajstić information content (AvgIpc) is 2.47. The summed E-state index contributed by atoms with van der Waals surface area (Å²) in [6, 6.07) is 1.77. The molecule has 4 heteroatoms. The molecule has 1 aliphatic heterocycles. The third-order valence-corrected chi connectivity index (χ3v) is 2.92. The van der Waals surface area contributed by atoms with Crippen LogP contribution in [0.25, 0.3) is 0 Å². The smallest absolute Gasteiger partial charge is 0.342 e. The summed E-state index contributed by atoms with van der Waals surface area (Å²) in [6.07, 6.45) is 0.666. The van der Waals surface area contributed by atoms with Crippen molar-refractivity contribution in [1.29, 1.82) is 0 Å². The fourth-order valence-electron chi connectivity index (χ4n) is 1.56. The van der Waals surface area contributed by atoms with Crippen LogP contribution in [0.3, 0.4) is 0 Å². The minimum Gasteiger partial charge on any atom is -0.488 e. The second kappa shape index (κ2) is 3.42. The molecule has 1 aromatic heterocycles. The van der Waals surface area contributed by atoms with Crippen LogP contribution in [0.15, 0.2) is 15.3 Å². The zero-order valence-electron chi connectivity index (χ0n) is 8.04. The number of hydrogen-bond donors (Lipinski definition) is 0. The topological polar surface area (TPSA) is 39.4 Å². The molecule has 0 bridgehead atoms. The first-order valence-corrected chi connectivity index (χ1v) is 5.44. The van der Waals surface area contributed by atoms with E-state index in [0.717, 1.165) is 0 Å². The number of hydrogen-bond acceptors (Lipinski definition) is 3. The molecule has 1 aromatic rings. The molecule has 0 aliphatic carbocycles. The monoisotopic (exact) mass is 258 g/mol. The van der Waals surface area contributed by atoms with Crippen LogP contribution in [0.1, 0.15) is 18.2 Å². The first kappa shape index (κ1) is 9.77. The molecule has 3 nitrogen and oxygen atoms in total. The van der Waals surface area contributed by atoms with Gasteiger partial charge in [-0.05, 0) is 13.8 Å². The number of rotatable bonds is 1. The molecular weight excluding hydrogens is 248 g/mol. The summed E-state index contributed by atoms with van der Waals surface area (Å²) < 4.78 is 10.6. The molecule has 0 radical (unpaired) electrons. The Bertz CT molecular complexity index is 408. The van der Waals surface area contributed by atoms with Gasteiger partial charge in [0.2, 0.25) is 0 Å². The normalized spacial score (nSPS) is 21.5. The van der Waals surface area contributed by atoms with Crippen molar-refractivity contribution in [3.63, 3.8) is 0 Å². The van der Waals surface area contributed by atoms with Crippen LogP contribution in [0.4, 0.5) is 0 Å². The SMILES string of the molecule is Cc1cc2c(c(=O)o1)CC(C(C)Br)O2. The van der Waals surface area contributed by atoms with E-state index >= 15 is 0 Å². The van der Waals surface area contributed by atoms with Crippen molar-refractivity contribution in [3.8, 4) is 5.75 Å². The second-order valence-corrected chi connectivity index (χ2v) is 4.97. The summed E-state index contributed by atoms with van der Waals surface area (Å²) in [7, 11) is 0. The van der Waals surface area contributed by atoms with E-state index in [1.54, 1.807) is 13.0 Å². The predicted molar refractivity (Wildman–Crippen MR) is 56.2 cm³/mol. The molecule has 0 amide bonds. The van der Waals surface area contributed by atoms with Gasteiger partial charge in [0.15, 0.2) is 0 Å². The minimum absolute atomic E-state index is 0.0368. The molecule has 2 atom stereocenters. The largest absolute Gasteiger partial charge is 0.488 e. The number of ether oxygens (including phenoxy) is 1. The van der Waals surface area contributed by atoms with Crippen LogP contribution >= 0.6 is 15.9 Å². The summed E-state index contributed by atoms with van der Waals surface area (Å²) in [5, 5.41) is 0. The highest BCUT2D eigenvalue weighted by atomic mass is 79.9. The van der Waals surface area contributed by atoms with Gasteiger partial charge in [-0.3, -0.25) is 0 Å². The van der Waals surface area contributed by atoms with Gasteiger partial charge in [0, 0.05) is 17.3 Å². The van der Waals surface area contributed by atoms with Crippen LogP contribution in [0.2, 0.25) is 0 Å². The Kier molecular flexibility index (Phi) is 2.39. The molecule has 0 saturated heterocycles. The fourth-order valence-corrected chi connectivity index (χ4v) is 1.86. The van der Waals surface area contributed by atoms with Gasteiger partial charge in [-0.25, -0.2) is 4.79 Å². The molecule has 2 rings (SSSR count). The molecule has 0 aromatic carbocycles. The molecule has 0 saturated carbocycles. The third kappa shape index (κ3) is 1.59. The highest BCUT2D eigenvalue weighted by molar-refractivity contribution is 9.09. The molecule has 0 N–H and O–H groups in total. The van der Waals surface area contributed by atoms with E-state index in [0.29, 0.717) is 23.5 Å². The van der Waals surface area contributed by atoms with Gasteiger partial charge in [-0.15, -0.1) is 0 Å². The summed E-state index contributed by atoms with van der Waals surface area (Å²) >= 11 is 3.45. The molecule has 0 fully saturated rings. The van der Waals surface area contributed by atoms with E-state index in [2.05, 4.69) is 15.9 Å². The maximum atomic E-state index is 11.4. The van der Waals surface area contributed by atoms with Crippen LogP contribution in [-0.2, 0) is 6.42 Å². The quantitative estimate of drug-likeness (QED) is 0.724. The minimum atomic E-state index is -0.268. The van der Waals surface area contributed by atoms with Gasteiger partial charge in [0.1, 0.15) is 17.6 Å². The summed E-state index contributed by atoms with van der Waals surface area (Å²) in [5.41, 5.74) is 0.391. The maximum absolute atomic E-state index is 11.4. The zero-order chi connectivity index (χ0) is 10.3. The molecule has 14 heavy (non-hydrogen) atoms. The standard InChI is InChI=1S/C10H11BrO3/c1-5-3-9-7(10(12)13-5)4-8(14-9)6(2)11/h3,6,8H,4H2,1-2H3. The third-order valence-electron chi connectivity index (χ3n) is 2.33. The average molecular weight is 259 g/mol. The molecule has 1 aliphatic rings. The molecule has 0 spiro atoms. The Morgan fingerprint density at radius 2 is 2.36 bits per heavy atom. The molecular formula is C10H11BrO3. The van der Waals surface area contributed by atoms with Gasteiger partial charge < -0.3 is 9.15 Å². The van der Waals surface area contributed by atoms with Gasteiger partial charge >= 0.3 is 5.63 Å². The van der Waals surface area contributed by atoms with Crippen LogP contribution in [-0.4, -0.2) is 10.9 Å². The lowest BCUT2D eigenvalue weighted by Crippen LogP contribution is -2.22. The van der Waals surface area contributed by atoms with Crippen molar-refractivity contribution < 1.29 is 9.15 Å². The van der Waals surface area contributed by atoms with Crippen molar-refractivity contribution in [3.05, 3.63) is 27.8 Å². The highest BCUT2D eigenvalue weighted by Crippen LogP contribution is 2.29. The van der Waals surface area contributed by atoms with E-state index < -0.39 is 0 Å².